The predicted octanol–water partition coefficient (Wildman–Crippen LogP) is 2.05. The van der Waals surface area contributed by atoms with Crippen LogP contribution in [0.15, 0.2) is 12.1 Å². The third-order valence-electron chi connectivity index (χ3n) is 3.22. The number of hydrogen-bond donors (Lipinski definition) is 2. The van der Waals surface area contributed by atoms with Crippen molar-refractivity contribution in [1.29, 1.82) is 0 Å². The smallest absolute Gasteiger partial charge is 0.256 e. The minimum absolute atomic E-state index is 0.00406. The van der Waals surface area contributed by atoms with E-state index in [9.17, 15) is 14.7 Å². The number of amides is 2. The van der Waals surface area contributed by atoms with Crippen molar-refractivity contribution in [3.8, 4) is 5.75 Å². The Morgan fingerprint density at radius 3 is 2.75 bits per heavy atom. The fourth-order valence-corrected chi connectivity index (χ4v) is 2.74. The molecule has 20 heavy (non-hydrogen) atoms. The standard InChI is InChI=1S/C13H14Cl2N2O3/c1-17-6-8(2-3-11(17)19)16-13(20)12-9(15)4-7(14)5-10(12)18/h4-5,8,18H,2-3,6H2,1H3,(H,16,20). The van der Waals surface area contributed by atoms with E-state index in [1.54, 1.807) is 11.9 Å². The Bertz CT molecular complexity index is 540. The summed E-state index contributed by atoms with van der Waals surface area (Å²) >= 11 is 11.7. The van der Waals surface area contributed by atoms with Crippen LogP contribution in [0.2, 0.25) is 10.0 Å². The van der Waals surface area contributed by atoms with E-state index in [1.165, 1.54) is 12.1 Å². The van der Waals surface area contributed by atoms with Gasteiger partial charge in [-0.3, -0.25) is 9.59 Å². The molecule has 1 aromatic rings. The van der Waals surface area contributed by atoms with Crippen molar-refractivity contribution in [3.63, 3.8) is 0 Å². The number of nitrogens with zero attached hydrogens (tertiary/aromatic N) is 1. The summed E-state index contributed by atoms with van der Waals surface area (Å²) in [7, 11) is 1.69. The van der Waals surface area contributed by atoms with Crippen LogP contribution in [0.4, 0.5) is 0 Å². The lowest BCUT2D eigenvalue weighted by Crippen LogP contribution is -2.48. The number of nitrogens with one attached hydrogen (secondary N) is 1. The quantitative estimate of drug-likeness (QED) is 0.877. The Morgan fingerprint density at radius 1 is 1.45 bits per heavy atom. The Kier molecular flexibility index (Phi) is 4.40. The minimum atomic E-state index is -0.475. The normalized spacial score (nSPS) is 19.1. The number of phenols is 1. The maximum absolute atomic E-state index is 12.2. The van der Waals surface area contributed by atoms with Gasteiger partial charge in [-0.05, 0) is 18.6 Å². The van der Waals surface area contributed by atoms with Gasteiger partial charge < -0.3 is 15.3 Å². The van der Waals surface area contributed by atoms with Crippen LogP contribution in [0.1, 0.15) is 23.2 Å². The lowest BCUT2D eigenvalue weighted by Gasteiger charge is -2.30. The maximum atomic E-state index is 12.2. The first-order chi connectivity index (χ1) is 9.38. The number of benzene rings is 1. The van der Waals surface area contributed by atoms with Crippen molar-refractivity contribution in [2.75, 3.05) is 13.6 Å². The predicted molar refractivity (Wildman–Crippen MR) is 76.3 cm³/mol. The zero-order valence-corrected chi connectivity index (χ0v) is 12.3. The van der Waals surface area contributed by atoms with Crippen LogP contribution >= 0.6 is 23.2 Å². The molecule has 0 aromatic heterocycles. The molecule has 0 spiro atoms. The van der Waals surface area contributed by atoms with Gasteiger partial charge >= 0.3 is 0 Å². The van der Waals surface area contributed by atoms with Crippen LogP contribution in [0.3, 0.4) is 0 Å². The summed E-state index contributed by atoms with van der Waals surface area (Å²) in [6, 6.07) is 2.50. The first-order valence-corrected chi connectivity index (χ1v) is 6.87. The Morgan fingerprint density at radius 2 is 2.15 bits per heavy atom. The minimum Gasteiger partial charge on any atom is -0.507 e. The molecule has 7 heteroatoms. The lowest BCUT2D eigenvalue weighted by atomic mass is 10.0. The lowest BCUT2D eigenvalue weighted by molar-refractivity contribution is -0.132. The van der Waals surface area contributed by atoms with Crippen molar-refractivity contribution in [1.82, 2.24) is 10.2 Å². The summed E-state index contributed by atoms with van der Waals surface area (Å²) in [5.74, 6) is -0.681. The fourth-order valence-electron chi connectivity index (χ4n) is 2.17. The first kappa shape index (κ1) is 14.9. The van der Waals surface area contributed by atoms with Gasteiger partial charge in [0.15, 0.2) is 0 Å². The van der Waals surface area contributed by atoms with E-state index in [2.05, 4.69) is 5.32 Å². The van der Waals surface area contributed by atoms with Gasteiger partial charge in [-0.1, -0.05) is 23.2 Å². The van der Waals surface area contributed by atoms with Crippen LogP contribution in [0.25, 0.3) is 0 Å². The molecule has 1 fully saturated rings. The van der Waals surface area contributed by atoms with E-state index in [4.69, 9.17) is 23.2 Å². The van der Waals surface area contributed by atoms with Crippen LogP contribution in [0, 0.1) is 0 Å². The highest BCUT2D eigenvalue weighted by atomic mass is 35.5. The molecule has 1 aromatic carbocycles. The molecular weight excluding hydrogens is 303 g/mol. The Balaban J connectivity index is 2.11. The molecule has 1 aliphatic rings. The van der Waals surface area contributed by atoms with Crippen molar-refractivity contribution >= 4 is 35.0 Å². The molecule has 1 aliphatic heterocycles. The molecule has 0 aliphatic carbocycles. The van der Waals surface area contributed by atoms with Crippen molar-refractivity contribution in [2.45, 2.75) is 18.9 Å². The van der Waals surface area contributed by atoms with Gasteiger partial charge in [0, 0.05) is 31.1 Å². The van der Waals surface area contributed by atoms with Gasteiger partial charge in [0.2, 0.25) is 5.91 Å². The zero-order valence-electron chi connectivity index (χ0n) is 10.8. The molecule has 0 radical (unpaired) electrons. The molecule has 1 heterocycles. The highest BCUT2D eigenvalue weighted by Gasteiger charge is 2.26. The Labute approximate surface area is 126 Å². The molecule has 5 nitrogen and oxygen atoms in total. The maximum Gasteiger partial charge on any atom is 0.256 e. The van der Waals surface area contributed by atoms with Crippen molar-refractivity contribution in [3.05, 3.63) is 27.7 Å². The van der Waals surface area contributed by atoms with Crippen LogP contribution in [0.5, 0.6) is 5.75 Å². The van der Waals surface area contributed by atoms with Gasteiger partial charge in [0.05, 0.1) is 10.6 Å². The van der Waals surface area contributed by atoms with Crippen LogP contribution < -0.4 is 5.32 Å². The summed E-state index contributed by atoms with van der Waals surface area (Å²) in [4.78, 5) is 25.1. The molecule has 2 N–H and O–H groups in total. The van der Waals surface area contributed by atoms with Crippen LogP contribution in [-0.4, -0.2) is 41.5 Å². The second-order valence-electron chi connectivity index (χ2n) is 4.77. The van der Waals surface area contributed by atoms with Crippen molar-refractivity contribution in [2.24, 2.45) is 0 Å². The molecule has 2 rings (SSSR count). The number of hydrogen-bond acceptors (Lipinski definition) is 3. The molecule has 108 valence electrons. The summed E-state index contributed by atoms with van der Waals surface area (Å²) in [5, 5.41) is 12.9. The third-order valence-corrected chi connectivity index (χ3v) is 3.74. The van der Waals surface area contributed by atoms with E-state index in [0.29, 0.717) is 19.4 Å². The summed E-state index contributed by atoms with van der Waals surface area (Å²) < 4.78 is 0. The van der Waals surface area contributed by atoms with E-state index >= 15 is 0 Å². The Hall–Kier alpha value is -1.46. The van der Waals surface area contributed by atoms with E-state index in [-0.39, 0.29) is 33.3 Å². The van der Waals surface area contributed by atoms with Crippen LogP contribution in [-0.2, 0) is 4.79 Å². The number of carbonyl (C=O) groups is 2. The third kappa shape index (κ3) is 3.16. The highest BCUT2D eigenvalue weighted by Crippen LogP contribution is 2.30. The number of phenolic OH excluding ortho intramolecular Hbond substituents is 1. The molecular formula is C13H14Cl2N2O3. The van der Waals surface area contributed by atoms with E-state index < -0.39 is 5.91 Å². The van der Waals surface area contributed by atoms with E-state index in [1.807, 2.05) is 0 Å². The number of carbonyl (C=O) groups excluding carboxylic acids is 2. The topological polar surface area (TPSA) is 69.6 Å². The second kappa shape index (κ2) is 5.89. The zero-order chi connectivity index (χ0) is 14.9. The van der Waals surface area contributed by atoms with Gasteiger partial charge in [0.1, 0.15) is 5.75 Å². The molecule has 0 bridgehead atoms. The number of halogens is 2. The number of aromatic hydroxyl groups is 1. The molecule has 1 unspecified atom stereocenters. The molecule has 1 saturated heterocycles. The number of likely N-dealkylation sites (tertiary alicyclic amines) is 1. The number of piperidine rings is 1. The molecule has 2 amide bonds. The monoisotopic (exact) mass is 316 g/mol. The summed E-state index contributed by atoms with van der Waals surface area (Å²) in [6.07, 6.45) is 0.961. The average Bonchev–Trinajstić information content (AvgIpc) is 2.32. The fraction of sp³-hybridized carbons (Fsp3) is 0.385. The second-order valence-corrected chi connectivity index (χ2v) is 5.61. The van der Waals surface area contributed by atoms with Gasteiger partial charge in [-0.2, -0.15) is 0 Å². The van der Waals surface area contributed by atoms with Gasteiger partial charge in [-0.25, -0.2) is 0 Å². The van der Waals surface area contributed by atoms with Gasteiger partial charge in [0.25, 0.3) is 5.91 Å². The van der Waals surface area contributed by atoms with E-state index in [0.717, 1.165) is 0 Å². The average molecular weight is 317 g/mol. The summed E-state index contributed by atoms with van der Waals surface area (Å²) in [6.45, 7) is 0.441. The molecule has 0 saturated carbocycles. The largest absolute Gasteiger partial charge is 0.507 e. The first-order valence-electron chi connectivity index (χ1n) is 6.11. The SMILES string of the molecule is CN1CC(NC(=O)c2c(O)cc(Cl)cc2Cl)CCC1=O. The summed E-state index contributed by atoms with van der Waals surface area (Å²) in [5.41, 5.74) is -0.00406. The number of rotatable bonds is 2. The molecule has 1 atom stereocenters. The van der Waals surface area contributed by atoms with Crippen molar-refractivity contribution < 1.29 is 14.7 Å². The highest BCUT2D eigenvalue weighted by molar-refractivity contribution is 6.37. The number of likely N-dealkylation sites (N-methyl/N-ethyl adjacent to an activating group) is 1. The van der Waals surface area contributed by atoms with Gasteiger partial charge in [-0.15, -0.1) is 0 Å².